The number of nitrogens with two attached hydrogens (primary N) is 1. The molecule has 0 saturated carbocycles. The first-order valence-corrected chi connectivity index (χ1v) is 7.62. The number of aromatic hydroxyl groups is 1. The van der Waals surface area contributed by atoms with E-state index in [1.165, 1.54) is 0 Å². The van der Waals surface area contributed by atoms with Crippen LogP contribution < -0.4 is 11.1 Å². The molecule has 0 saturated heterocycles. The predicted molar refractivity (Wildman–Crippen MR) is 86.0 cm³/mol. The van der Waals surface area contributed by atoms with Crippen LogP contribution in [0.4, 0.5) is 0 Å². The molecule has 1 atom stereocenters. The molecule has 1 aromatic rings. The van der Waals surface area contributed by atoms with Crippen LogP contribution in [0.3, 0.4) is 0 Å². The maximum Gasteiger partial charge on any atom is 0.237 e. The molecule has 0 heterocycles. The van der Waals surface area contributed by atoms with E-state index in [-0.39, 0.29) is 11.7 Å². The van der Waals surface area contributed by atoms with Gasteiger partial charge in [0.2, 0.25) is 5.91 Å². The van der Waals surface area contributed by atoms with Crippen LogP contribution in [-0.4, -0.2) is 23.6 Å². The first kappa shape index (κ1) is 17.5. The molecule has 118 valence electrons. The van der Waals surface area contributed by atoms with Crippen LogP contribution in [0.25, 0.3) is 0 Å². The van der Waals surface area contributed by atoms with E-state index >= 15 is 0 Å². The van der Waals surface area contributed by atoms with E-state index in [0.717, 1.165) is 5.56 Å². The van der Waals surface area contributed by atoms with E-state index < -0.39 is 6.04 Å². The molecule has 0 fully saturated rings. The molecule has 0 aliphatic heterocycles. The summed E-state index contributed by atoms with van der Waals surface area (Å²) in [5, 5.41) is 12.2. The van der Waals surface area contributed by atoms with Crippen molar-refractivity contribution in [1.82, 2.24) is 5.32 Å². The van der Waals surface area contributed by atoms with Crippen LogP contribution in [0.15, 0.2) is 24.3 Å². The van der Waals surface area contributed by atoms with Crippen LogP contribution in [0.5, 0.6) is 5.75 Å². The molecule has 0 aromatic heterocycles. The Balaban J connectivity index is 2.49. The molecule has 0 radical (unpaired) electrons. The average molecular weight is 292 g/mol. The molecular formula is C17H28N2O2. The van der Waals surface area contributed by atoms with Crippen molar-refractivity contribution < 1.29 is 9.90 Å². The second-order valence-electron chi connectivity index (χ2n) is 6.37. The van der Waals surface area contributed by atoms with Crippen molar-refractivity contribution in [3.63, 3.8) is 0 Å². The molecule has 0 spiro atoms. The van der Waals surface area contributed by atoms with Gasteiger partial charge < -0.3 is 16.2 Å². The summed E-state index contributed by atoms with van der Waals surface area (Å²) < 4.78 is 0. The van der Waals surface area contributed by atoms with E-state index in [4.69, 9.17) is 5.73 Å². The van der Waals surface area contributed by atoms with Gasteiger partial charge in [0.15, 0.2) is 0 Å². The number of phenols is 1. The lowest BCUT2D eigenvalue weighted by Gasteiger charge is -2.25. The van der Waals surface area contributed by atoms with Crippen LogP contribution in [0.2, 0.25) is 0 Å². The summed E-state index contributed by atoms with van der Waals surface area (Å²) in [5.41, 5.74) is 6.90. The summed E-state index contributed by atoms with van der Waals surface area (Å²) in [5.74, 6) is 1.61. The van der Waals surface area contributed by atoms with Gasteiger partial charge in [-0.2, -0.15) is 0 Å². The Morgan fingerprint density at radius 1 is 1.14 bits per heavy atom. The lowest BCUT2D eigenvalue weighted by Crippen LogP contribution is -2.44. The third-order valence-electron chi connectivity index (χ3n) is 3.95. The highest BCUT2D eigenvalue weighted by molar-refractivity contribution is 5.81. The minimum absolute atomic E-state index is 0.116. The maximum absolute atomic E-state index is 12.1. The molecule has 4 N–H and O–H groups in total. The quantitative estimate of drug-likeness (QED) is 0.722. The van der Waals surface area contributed by atoms with Crippen molar-refractivity contribution in [1.29, 1.82) is 0 Å². The summed E-state index contributed by atoms with van der Waals surface area (Å²) in [6.45, 7) is 9.36. The Morgan fingerprint density at radius 3 is 2.14 bits per heavy atom. The standard InChI is InChI=1S/C17H28N2O2/c1-11(2)15(12(3)4)10-19-17(21)16(18)9-13-5-7-14(20)8-6-13/h5-8,11-12,15-16,20H,9-10,18H2,1-4H3,(H,19,21)/t16-/m1/s1. The number of hydrogen-bond donors (Lipinski definition) is 3. The Kier molecular flexibility index (Phi) is 6.69. The van der Waals surface area contributed by atoms with Crippen molar-refractivity contribution in [2.24, 2.45) is 23.5 Å². The molecule has 0 aliphatic carbocycles. The number of benzene rings is 1. The lowest BCUT2D eigenvalue weighted by molar-refractivity contribution is -0.122. The van der Waals surface area contributed by atoms with Crippen LogP contribution in [-0.2, 0) is 11.2 Å². The van der Waals surface area contributed by atoms with Crippen molar-refractivity contribution in [2.75, 3.05) is 6.54 Å². The van der Waals surface area contributed by atoms with Gasteiger partial charge in [-0.05, 0) is 41.9 Å². The molecule has 0 bridgehead atoms. The topological polar surface area (TPSA) is 75.4 Å². The second kappa shape index (κ2) is 8.03. The maximum atomic E-state index is 12.1. The Morgan fingerprint density at radius 2 is 1.67 bits per heavy atom. The van der Waals surface area contributed by atoms with Crippen LogP contribution >= 0.6 is 0 Å². The first-order valence-electron chi connectivity index (χ1n) is 7.62. The van der Waals surface area contributed by atoms with Gasteiger partial charge in [0, 0.05) is 6.54 Å². The zero-order chi connectivity index (χ0) is 16.0. The lowest BCUT2D eigenvalue weighted by atomic mass is 9.85. The molecule has 1 rings (SSSR count). The summed E-state index contributed by atoms with van der Waals surface area (Å²) in [4.78, 5) is 12.1. The van der Waals surface area contributed by atoms with Gasteiger partial charge in [-0.3, -0.25) is 4.79 Å². The highest BCUT2D eigenvalue weighted by atomic mass is 16.3. The predicted octanol–water partition coefficient (Wildman–Crippen LogP) is 2.31. The van der Waals surface area contributed by atoms with Gasteiger partial charge in [0.05, 0.1) is 6.04 Å². The summed E-state index contributed by atoms with van der Waals surface area (Å²) in [7, 11) is 0. The largest absolute Gasteiger partial charge is 0.508 e. The van der Waals surface area contributed by atoms with Crippen molar-refractivity contribution in [3.05, 3.63) is 29.8 Å². The van der Waals surface area contributed by atoms with Crippen LogP contribution in [0, 0.1) is 17.8 Å². The molecule has 4 heteroatoms. The number of hydrogen-bond acceptors (Lipinski definition) is 3. The summed E-state index contributed by atoms with van der Waals surface area (Å²) >= 11 is 0. The zero-order valence-corrected chi connectivity index (χ0v) is 13.5. The molecule has 21 heavy (non-hydrogen) atoms. The third-order valence-corrected chi connectivity index (χ3v) is 3.95. The Labute approximate surface area is 127 Å². The van der Waals surface area contributed by atoms with Crippen molar-refractivity contribution in [2.45, 2.75) is 40.2 Å². The Hall–Kier alpha value is -1.55. The fourth-order valence-electron chi connectivity index (χ4n) is 2.57. The molecule has 0 aliphatic rings. The average Bonchev–Trinajstić information content (AvgIpc) is 2.40. The number of rotatable bonds is 7. The number of nitrogens with one attached hydrogen (secondary N) is 1. The zero-order valence-electron chi connectivity index (χ0n) is 13.5. The molecular weight excluding hydrogens is 264 g/mol. The second-order valence-corrected chi connectivity index (χ2v) is 6.37. The molecule has 1 amide bonds. The van der Waals surface area contributed by atoms with E-state index in [0.29, 0.717) is 30.7 Å². The molecule has 1 aromatic carbocycles. The number of carbonyl (C=O) groups is 1. The van der Waals surface area contributed by atoms with Crippen molar-refractivity contribution in [3.8, 4) is 5.75 Å². The van der Waals surface area contributed by atoms with Gasteiger partial charge in [0.25, 0.3) is 0 Å². The fourth-order valence-corrected chi connectivity index (χ4v) is 2.57. The molecule has 4 nitrogen and oxygen atoms in total. The number of amides is 1. The Bertz CT molecular complexity index is 433. The van der Waals surface area contributed by atoms with E-state index in [9.17, 15) is 9.90 Å². The first-order chi connectivity index (χ1) is 9.81. The van der Waals surface area contributed by atoms with Crippen LogP contribution in [0.1, 0.15) is 33.3 Å². The highest BCUT2D eigenvalue weighted by Crippen LogP contribution is 2.19. The third kappa shape index (κ3) is 5.76. The van der Waals surface area contributed by atoms with Gasteiger partial charge in [-0.15, -0.1) is 0 Å². The number of phenolic OH excluding ortho intramolecular Hbond substituents is 1. The van der Waals surface area contributed by atoms with E-state index in [1.807, 2.05) is 0 Å². The minimum Gasteiger partial charge on any atom is -0.508 e. The van der Waals surface area contributed by atoms with Gasteiger partial charge in [0.1, 0.15) is 5.75 Å². The van der Waals surface area contributed by atoms with Gasteiger partial charge in [-0.1, -0.05) is 39.8 Å². The van der Waals surface area contributed by atoms with E-state index in [2.05, 4.69) is 33.0 Å². The van der Waals surface area contributed by atoms with Crippen molar-refractivity contribution >= 4 is 5.91 Å². The highest BCUT2D eigenvalue weighted by Gasteiger charge is 2.20. The minimum atomic E-state index is -0.561. The SMILES string of the molecule is CC(C)C(CNC(=O)[C@H](N)Cc1ccc(O)cc1)C(C)C. The normalized spacial score (nSPS) is 13.0. The van der Waals surface area contributed by atoms with Gasteiger partial charge >= 0.3 is 0 Å². The van der Waals surface area contributed by atoms with E-state index in [1.54, 1.807) is 24.3 Å². The summed E-state index contributed by atoms with van der Waals surface area (Å²) in [6.07, 6.45) is 0.472. The number of carbonyl (C=O) groups excluding carboxylic acids is 1. The monoisotopic (exact) mass is 292 g/mol. The van der Waals surface area contributed by atoms with Gasteiger partial charge in [-0.25, -0.2) is 0 Å². The smallest absolute Gasteiger partial charge is 0.237 e. The summed E-state index contributed by atoms with van der Waals surface area (Å²) in [6, 6.07) is 6.22. The molecule has 0 unspecified atom stereocenters. The fraction of sp³-hybridized carbons (Fsp3) is 0.588.